The number of benzene rings is 1. The molecule has 0 aromatic heterocycles. The van der Waals surface area contributed by atoms with E-state index in [2.05, 4.69) is 35.3 Å². The van der Waals surface area contributed by atoms with Crippen molar-refractivity contribution in [2.75, 3.05) is 26.7 Å². The van der Waals surface area contributed by atoms with Crippen LogP contribution in [-0.4, -0.2) is 37.7 Å². The van der Waals surface area contributed by atoms with Crippen LogP contribution in [0.2, 0.25) is 0 Å². The van der Waals surface area contributed by atoms with Crippen molar-refractivity contribution in [2.24, 2.45) is 11.8 Å². The molecule has 0 bridgehead atoms. The van der Waals surface area contributed by atoms with Crippen molar-refractivity contribution in [2.45, 2.75) is 25.9 Å². The molecule has 2 saturated heterocycles. The Labute approximate surface area is 115 Å². The van der Waals surface area contributed by atoms with E-state index in [1.54, 1.807) is 7.11 Å². The van der Waals surface area contributed by atoms with Gasteiger partial charge in [-0.25, -0.2) is 0 Å². The minimum atomic E-state index is 0.727. The topological polar surface area (TPSA) is 24.5 Å². The highest BCUT2D eigenvalue weighted by Gasteiger charge is 2.42. The third-order valence-electron chi connectivity index (χ3n) is 4.81. The average Bonchev–Trinajstić information content (AvgIpc) is 2.99. The van der Waals surface area contributed by atoms with Gasteiger partial charge in [-0.1, -0.05) is 25.1 Å². The van der Waals surface area contributed by atoms with Crippen LogP contribution in [-0.2, 0) is 6.54 Å². The molecular weight excluding hydrogens is 236 g/mol. The maximum Gasteiger partial charge on any atom is 0.123 e. The summed E-state index contributed by atoms with van der Waals surface area (Å²) in [6.07, 6.45) is 1.25. The minimum Gasteiger partial charge on any atom is -0.496 e. The molecule has 2 aliphatic heterocycles. The van der Waals surface area contributed by atoms with E-state index < -0.39 is 0 Å². The van der Waals surface area contributed by atoms with Crippen molar-refractivity contribution in [1.29, 1.82) is 0 Å². The lowest BCUT2D eigenvalue weighted by molar-refractivity contribution is 0.208. The Morgan fingerprint density at radius 2 is 2.16 bits per heavy atom. The Kier molecular flexibility index (Phi) is 3.76. The summed E-state index contributed by atoms with van der Waals surface area (Å²) in [6, 6.07) is 9.14. The number of nitrogens with one attached hydrogen (secondary N) is 1. The third kappa shape index (κ3) is 2.37. The standard InChI is InChI=1S/C16H24N2O/c1-3-15-14-9-17-8-13(14)11-18(15)10-12-6-4-5-7-16(12)19-2/h4-7,13-15,17H,3,8-11H2,1-2H3. The number of nitrogens with zero attached hydrogens (tertiary/aromatic N) is 1. The van der Waals surface area contributed by atoms with Crippen molar-refractivity contribution in [3.05, 3.63) is 29.8 Å². The van der Waals surface area contributed by atoms with Crippen molar-refractivity contribution in [3.8, 4) is 5.75 Å². The number of methoxy groups -OCH3 is 1. The summed E-state index contributed by atoms with van der Waals surface area (Å²) in [5.74, 6) is 2.71. The van der Waals surface area contributed by atoms with Crippen LogP contribution in [0.4, 0.5) is 0 Å². The zero-order valence-electron chi connectivity index (χ0n) is 11.9. The molecule has 3 unspecified atom stereocenters. The molecular formula is C16H24N2O. The molecule has 2 heterocycles. The van der Waals surface area contributed by atoms with Gasteiger partial charge in [0.15, 0.2) is 0 Å². The molecule has 1 aromatic carbocycles. The summed E-state index contributed by atoms with van der Waals surface area (Å²) in [5, 5.41) is 3.54. The summed E-state index contributed by atoms with van der Waals surface area (Å²) in [6.45, 7) is 6.97. The lowest BCUT2D eigenvalue weighted by atomic mass is 9.93. The molecule has 0 radical (unpaired) electrons. The highest BCUT2D eigenvalue weighted by atomic mass is 16.5. The fraction of sp³-hybridized carbons (Fsp3) is 0.625. The highest BCUT2D eigenvalue weighted by molar-refractivity contribution is 5.33. The second-order valence-electron chi connectivity index (χ2n) is 5.80. The maximum atomic E-state index is 5.48. The Balaban J connectivity index is 1.76. The Morgan fingerprint density at radius 3 is 2.95 bits per heavy atom. The lowest BCUT2D eigenvalue weighted by Crippen LogP contribution is -2.34. The fourth-order valence-corrected chi connectivity index (χ4v) is 3.91. The Bertz CT molecular complexity index is 435. The van der Waals surface area contributed by atoms with E-state index in [1.165, 1.54) is 31.6 Å². The van der Waals surface area contributed by atoms with Crippen LogP contribution in [0.3, 0.4) is 0 Å². The van der Waals surface area contributed by atoms with Crippen molar-refractivity contribution >= 4 is 0 Å². The van der Waals surface area contributed by atoms with E-state index in [0.29, 0.717) is 0 Å². The number of fused-ring (bicyclic) bond motifs is 1. The Morgan fingerprint density at radius 1 is 1.32 bits per heavy atom. The van der Waals surface area contributed by atoms with Crippen LogP contribution >= 0.6 is 0 Å². The van der Waals surface area contributed by atoms with Gasteiger partial charge >= 0.3 is 0 Å². The molecule has 3 nitrogen and oxygen atoms in total. The smallest absolute Gasteiger partial charge is 0.123 e. The first-order valence-corrected chi connectivity index (χ1v) is 7.40. The molecule has 3 heteroatoms. The zero-order chi connectivity index (χ0) is 13.2. The highest BCUT2D eigenvalue weighted by Crippen LogP contribution is 2.36. The summed E-state index contributed by atoms with van der Waals surface area (Å²) in [4.78, 5) is 2.66. The monoisotopic (exact) mass is 260 g/mol. The van der Waals surface area contributed by atoms with Gasteiger partial charge in [0.25, 0.3) is 0 Å². The molecule has 1 N–H and O–H groups in total. The lowest BCUT2D eigenvalue weighted by Gasteiger charge is -2.27. The first-order chi connectivity index (χ1) is 9.33. The van der Waals surface area contributed by atoms with Gasteiger partial charge in [0.1, 0.15) is 5.75 Å². The third-order valence-corrected chi connectivity index (χ3v) is 4.81. The van der Waals surface area contributed by atoms with E-state index in [9.17, 15) is 0 Å². The summed E-state index contributed by atoms with van der Waals surface area (Å²) in [5.41, 5.74) is 1.32. The SMILES string of the molecule is CCC1C2CNCC2CN1Cc1ccccc1OC. The molecule has 1 aromatic rings. The first-order valence-electron chi connectivity index (χ1n) is 7.40. The predicted octanol–water partition coefficient (Wildman–Crippen LogP) is 2.12. The average molecular weight is 260 g/mol. The van der Waals surface area contributed by atoms with Gasteiger partial charge in [-0.2, -0.15) is 0 Å². The number of hydrogen-bond donors (Lipinski definition) is 1. The quantitative estimate of drug-likeness (QED) is 0.897. The predicted molar refractivity (Wildman–Crippen MR) is 77.3 cm³/mol. The van der Waals surface area contributed by atoms with Gasteiger partial charge < -0.3 is 10.1 Å². The number of ether oxygens (including phenoxy) is 1. The second-order valence-corrected chi connectivity index (χ2v) is 5.80. The van der Waals surface area contributed by atoms with E-state index >= 15 is 0 Å². The van der Waals surface area contributed by atoms with Gasteiger partial charge in [0.05, 0.1) is 7.11 Å². The zero-order valence-corrected chi connectivity index (χ0v) is 11.9. The van der Waals surface area contributed by atoms with Crippen molar-refractivity contribution in [3.63, 3.8) is 0 Å². The molecule has 0 saturated carbocycles. The van der Waals surface area contributed by atoms with E-state index in [0.717, 1.165) is 30.2 Å². The number of hydrogen-bond acceptors (Lipinski definition) is 3. The molecule has 2 aliphatic rings. The van der Waals surface area contributed by atoms with Gasteiger partial charge in [-0.3, -0.25) is 4.90 Å². The van der Waals surface area contributed by atoms with Gasteiger partial charge in [-0.15, -0.1) is 0 Å². The van der Waals surface area contributed by atoms with Gasteiger partial charge in [0.2, 0.25) is 0 Å². The van der Waals surface area contributed by atoms with Crippen LogP contribution in [0.5, 0.6) is 5.75 Å². The fourth-order valence-electron chi connectivity index (χ4n) is 3.91. The van der Waals surface area contributed by atoms with E-state index in [1.807, 2.05) is 6.07 Å². The van der Waals surface area contributed by atoms with Gasteiger partial charge in [0, 0.05) is 24.7 Å². The molecule has 3 atom stereocenters. The van der Waals surface area contributed by atoms with E-state index in [-0.39, 0.29) is 0 Å². The number of likely N-dealkylation sites (tertiary alicyclic amines) is 1. The van der Waals surface area contributed by atoms with Crippen LogP contribution in [0.25, 0.3) is 0 Å². The normalized spacial score (nSPS) is 30.5. The summed E-state index contributed by atoms with van der Waals surface area (Å²) < 4.78 is 5.48. The Hall–Kier alpha value is -1.06. The molecule has 104 valence electrons. The maximum absolute atomic E-state index is 5.48. The first kappa shape index (κ1) is 12.9. The van der Waals surface area contributed by atoms with Crippen LogP contribution < -0.4 is 10.1 Å². The molecule has 0 spiro atoms. The molecule has 0 aliphatic carbocycles. The second kappa shape index (κ2) is 5.51. The number of para-hydroxylation sites is 1. The number of rotatable bonds is 4. The van der Waals surface area contributed by atoms with Crippen LogP contribution in [0, 0.1) is 11.8 Å². The van der Waals surface area contributed by atoms with Crippen molar-refractivity contribution < 1.29 is 4.74 Å². The van der Waals surface area contributed by atoms with Crippen molar-refractivity contribution in [1.82, 2.24) is 10.2 Å². The largest absolute Gasteiger partial charge is 0.496 e. The van der Waals surface area contributed by atoms with E-state index in [4.69, 9.17) is 4.74 Å². The molecule has 3 rings (SSSR count). The van der Waals surface area contributed by atoms with Gasteiger partial charge in [-0.05, 0) is 37.4 Å². The van der Waals surface area contributed by atoms with Crippen LogP contribution in [0.1, 0.15) is 18.9 Å². The molecule has 0 amide bonds. The molecule has 2 fully saturated rings. The van der Waals surface area contributed by atoms with Crippen LogP contribution in [0.15, 0.2) is 24.3 Å². The minimum absolute atomic E-state index is 0.727. The molecule has 19 heavy (non-hydrogen) atoms. The summed E-state index contributed by atoms with van der Waals surface area (Å²) in [7, 11) is 1.76. The summed E-state index contributed by atoms with van der Waals surface area (Å²) >= 11 is 0.